The van der Waals surface area contributed by atoms with Crippen LogP contribution < -0.4 is 0 Å². The van der Waals surface area contributed by atoms with Gasteiger partial charge < -0.3 is 0 Å². The maximum Gasteiger partial charge on any atom is -0.00902 e. The van der Waals surface area contributed by atoms with Crippen molar-refractivity contribution < 1.29 is 0 Å². The molecule has 1 rings (SSSR count). The Morgan fingerprint density at radius 3 is 2.24 bits per heavy atom. The van der Waals surface area contributed by atoms with Gasteiger partial charge in [-0.25, -0.2) is 0 Å². The van der Waals surface area contributed by atoms with Crippen LogP contribution in [0, 0.1) is 34.1 Å². The number of rotatable bonds is 6. The molecule has 0 aliphatic rings. The van der Waals surface area contributed by atoms with Crippen molar-refractivity contribution in [2.45, 2.75) is 66.7 Å². The normalized spacial score (nSPS) is 10.9. The fourth-order valence-electron chi connectivity index (χ4n) is 2.28. The Bertz CT molecular complexity index is 361. The Morgan fingerprint density at radius 1 is 0.882 bits per heavy atom. The molecule has 0 saturated heterocycles. The van der Waals surface area contributed by atoms with Crippen LogP contribution in [0.3, 0.4) is 0 Å². The summed E-state index contributed by atoms with van der Waals surface area (Å²) in [7, 11) is 0. The molecule has 0 aromatic heterocycles. The average molecular weight is 231 g/mol. The standard InChI is InChI=1S/C17H27/c1-6-7-8-9-10-11-17-12-13(2)14(3)15(4)16(17)5/h11-12H,6-10H2,1-5H3. The summed E-state index contributed by atoms with van der Waals surface area (Å²) in [6, 6.07) is 2.34. The Hall–Kier alpha value is -0.780. The Labute approximate surface area is 107 Å². The van der Waals surface area contributed by atoms with Crippen LogP contribution >= 0.6 is 0 Å². The molecular formula is C17H27. The molecule has 17 heavy (non-hydrogen) atoms. The second-order valence-corrected chi connectivity index (χ2v) is 5.21. The topological polar surface area (TPSA) is 0 Å². The van der Waals surface area contributed by atoms with Gasteiger partial charge in [0, 0.05) is 0 Å². The van der Waals surface area contributed by atoms with Gasteiger partial charge in [-0.2, -0.15) is 0 Å². The van der Waals surface area contributed by atoms with Gasteiger partial charge in [0.15, 0.2) is 0 Å². The van der Waals surface area contributed by atoms with Gasteiger partial charge >= 0.3 is 0 Å². The molecule has 0 bridgehead atoms. The first-order valence-electron chi connectivity index (χ1n) is 6.98. The lowest BCUT2D eigenvalue weighted by molar-refractivity contribution is 0.665. The molecule has 0 aliphatic carbocycles. The summed E-state index contributed by atoms with van der Waals surface area (Å²) in [5.41, 5.74) is 7.24. The third-order valence-electron chi connectivity index (χ3n) is 3.94. The molecule has 0 heteroatoms. The number of hydrogen-bond acceptors (Lipinski definition) is 0. The summed E-state index contributed by atoms with van der Waals surface area (Å²) in [5.74, 6) is 0. The van der Waals surface area contributed by atoms with E-state index in [0.29, 0.717) is 0 Å². The van der Waals surface area contributed by atoms with E-state index in [4.69, 9.17) is 0 Å². The van der Waals surface area contributed by atoms with Crippen molar-refractivity contribution in [1.29, 1.82) is 0 Å². The molecule has 0 aliphatic heterocycles. The number of benzene rings is 1. The second-order valence-electron chi connectivity index (χ2n) is 5.21. The van der Waals surface area contributed by atoms with E-state index >= 15 is 0 Å². The monoisotopic (exact) mass is 231 g/mol. The minimum atomic E-state index is 1.22. The molecule has 0 saturated carbocycles. The number of unbranched alkanes of at least 4 members (excludes halogenated alkanes) is 4. The van der Waals surface area contributed by atoms with Crippen molar-refractivity contribution in [3.8, 4) is 0 Å². The quantitative estimate of drug-likeness (QED) is 0.572. The molecule has 1 aromatic carbocycles. The largest absolute Gasteiger partial charge is 0.0654 e. The molecule has 0 fully saturated rings. The minimum Gasteiger partial charge on any atom is -0.0654 e. The van der Waals surface area contributed by atoms with E-state index < -0.39 is 0 Å². The van der Waals surface area contributed by atoms with Crippen LogP contribution in [0.1, 0.15) is 66.8 Å². The van der Waals surface area contributed by atoms with Crippen LogP contribution in [0.25, 0.3) is 0 Å². The summed E-state index contributed by atoms with van der Waals surface area (Å²) in [5, 5.41) is 0. The highest BCUT2D eigenvalue weighted by Gasteiger charge is 2.06. The lowest BCUT2D eigenvalue weighted by atomic mass is 9.92. The van der Waals surface area contributed by atoms with Crippen LogP contribution in [0.5, 0.6) is 0 Å². The van der Waals surface area contributed by atoms with E-state index in [2.05, 4.69) is 47.1 Å². The van der Waals surface area contributed by atoms with E-state index in [1.54, 1.807) is 0 Å². The van der Waals surface area contributed by atoms with Crippen molar-refractivity contribution in [2.75, 3.05) is 0 Å². The molecule has 1 radical (unpaired) electrons. The molecule has 0 unspecified atom stereocenters. The summed E-state index contributed by atoms with van der Waals surface area (Å²) >= 11 is 0. The van der Waals surface area contributed by atoms with Crippen LogP contribution in [-0.2, 0) is 0 Å². The van der Waals surface area contributed by atoms with Gasteiger partial charge in [0.25, 0.3) is 0 Å². The lowest BCUT2D eigenvalue weighted by Crippen LogP contribution is -1.97. The molecule has 0 spiro atoms. The zero-order valence-corrected chi connectivity index (χ0v) is 12.2. The molecule has 0 N–H and O–H groups in total. The van der Waals surface area contributed by atoms with Crippen molar-refractivity contribution in [2.24, 2.45) is 0 Å². The molecule has 0 heterocycles. The lowest BCUT2D eigenvalue weighted by Gasteiger charge is -2.14. The molecule has 95 valence electrons. The highest BCUT2D eigenvalue weighted by molar-refractivity contribution is 5.46. The second kappa shape index (κ2) is 6.83. The summed E-state index contributed by atoms with van der Waals surface area (Å²) in [4.78, 5) is 0. The first kappa shape index (κ1) is 14.3. The van der Waals surface area contributed by atoms with Crippen molar-refractivity contribution in [1.82, 2.24) is 0 Å². The van der Waals surface area contributed by atoms with Gasteiger partial charge in [-0.05, 0) is 68.4 Å². The zero-order valence-electron chi connectivity index (χ0n) is 12.2. The van der Waals surface area contributed by atoms with Gasteiger partial charge in [0.1, 0.15) is 0 Å². The Kier molecular flexibility index (Phi) is 5.74. The van der Waals surface area contributed by atoms with Crippen LogP contribution in [0.2, 0.25) is 0 Å². The molecule has 0 amide bonds. The van der Waals surface area contributed by atoms with Crippen LogP contribution in [-0.4, -0.2) is 0 Å². The number of hydrogen-bond donors (Lipinski definition) is 0. The van der Waals surface area contributed by atoms with Gasteiger partial charge in [0.05, 0.1) is 0 Å². The zero-order chi connectivity index (χ0) is 12.8. The Balaban J connectivity index is 2.60. The van der Waals surface area contributed by atoms with Gasteiger partial charge in [-0.3, -0.25) is 0 Å². The first-order valence-corrected chi connectivity index (χ1v) is 6.98. The van der Waals surface area contributed by atoms with E-state index in [9.17, 15) is 0 Å². The van der Waals surface area contributed by atoms with E-state index in [0.717, 1.165) is 0 Å². The average Bonchev–Trinajstić information content (AvgIpc) is 2.32. The molecule has 0 atom stereocenters. The summed E-state index contributed by atoms with van der Waals surface area (Å²) in [6.45, 7) is 11.2. The smallest absolute Gasteiger partial charge is 0.00902 e. The third kappa shape index (κ3) is 3.87. The maximum absolute atomic E-state index is 2.42. The third-order valence-corrected chi connectivity index (χ3v) is 3.94. The van der Waals surface area contributed by atoms with E-state index in [1.807, 2.05) is 0 Å². The highest BCUT2D eigenvalue weighted by Crippen LogP contribution is 2.23. The van der Waals surface area contributed by atoms with Crippen LogP contribution in [0.15, 0.2) is 6.07 Å². The molecular weight excluding hydrogens is 204 g/mol. The van der Waals surface area contributed by atoms with Gasteiger partial charge in [-0.15, -0.1) is 0 Å². The van der Waals surface area contributed by atoms with Gasteiger partial charge in [-0.1, -0.05) is 38.7 Å². The van der Waals surface area contributed by atoms with Gasteiger partial charge in [0.2, 0.25) is 0 Å². The first-order chi connectivity index (χ1) is 8.07. The van der Waals surface area contributed by atoms with E-state index in [1.165, 1.54) is 59.9 Å². The fraction of sp³-hybridized carbons (Fsp3) is 0.588. The fourth-order valence-corrected chi connectivity index (χ4v) is 2.28. The Morgan fingerprint density at radius 2 is 1.59 bits per heavy atom. The van der Waals surface area contributed by atoms with Crippen molar-refractivity contribution in [3.63, 3.8) is 0 Å². The van der Waals surface area contributed by atoms with Crippen molar-refractivity contribution in [3.05, 3.63) is 40.3 Å². The van der Waals surface area contributed by atoms with Crippen LogP contribution in [0.4, 0.5) is 0 Å². The minimum absolute atomic E-state index is 1.22. The molecule has 1 aromatic rings. The highest BCUT2D eigenvalue weighted by atomic mass is 14.1. The molecule has 0 nitrogen and oxygen atoms in total. The number of aryl methyl sites for hydroxylation is 1. The van der Waals surface area contributed by atoms with E-state index in [-0.39, 0.29) is 0 Å². The summed E-state index contributed by atoms with van der Waals surface area (Å²) < 4.78 is 0. The summed E-state index contributed by atoms with van der Waals surface area (Å²) in [6.07, 6.45) is 9.04. The van der Waals surface area contributed by atoms with Crippen molar-refractivity contribution >= 4 is 0 Å². The maximum atomic E-state index is 2.42. The SMILES string of the molecule is CCCCCC[CH]c1cc(C)c(C)c(C)c1C. The predicted octanol–water partition coefficient (Wildman–Crippen LogP) is 5.44. The predicted molar refractivity (Wildman–Crippen MR) is 77.6 cm³/mol.